The zero-order valence-corrected chi connectivity index (χ0v) is 10.4. The molecule has 0 fully saturated rings. The van der Waals surface area contributed by atoms with E-state index in [0.717, 1.165) is 12.2 Å². The first-order valence-corrected chi connectivity index (χ1v) is 5.35. The van der Waals surface area contributed by atoms with E-state index in [-0.39, 0.29) is 5.54 Å². The van der Waals surface area contributed by atoms with Crippen LogP contribution >= 0.6 is 0 Å². The van der Waals surface area contributed by atoms with Gasteiger partial charge in [-0.15, -0.1) is 0 Å². The molecule has 0 saturated carbocycles. The molecule has 0 amide bonds. The quantitative estimate of drug-likeness (QED) is 0.789. The summed E-state index contributed by atoms with van der Waals surface area (Å²) >= 11 is 0. The largest absolute Gasteiger partial charge is 0.481 e. The molecule has 0 bridgehead atoms. The van der Waals surface area contributed by atoms with Crippen LogP contribution in [-0.2, 0) is 0 Å². The highest BCUT2D eigenvalue weighted by molar-refractivity contribution is 5.40. The molecule has 90 valence electrons. The molecule has 3 N–H and O–H groups in total. The molecule has 1 aromatic heterocycles. The molecule has 0 aromatic carbocycles. The second-order valence-electron chi connectivity index (χ2n) is 4.39. The molecule has 0 aliphatic heterocycles. The zero-order chi connectivity index (χ0) is 12.2. The Bertz CT molecular complexity index is 352. The number of aromatic nitrogens is 2. The van der Waals surface area contributed by atoms with E-state index >= 15 is 0 Å². The van der Waals surface area contributed by atoms with E-state index in [1.165, 1.54) is 0 Å². The van der Waals surface area contributed by atoms with Gasteiger partial charge in [0.1, 0.15) is 11.6 Å². The zero-order valence-electron chi connectivity index (χ0n) is 10.4. The van der Waals surface area contributed by atoms with Crippen molar-refractivity contribution in [2.75, 3.05) is 19.0 Å². The van der Waals surface area contributed by atoms with Crippen LogP contribution in [0.25, 0.3) is 0 Å². The Morgan fingerprint density at radius 1 is 1.44 bits per heavy atom. The molecule has 5 heteroatoms. The Labute approximate surface area is 96.4 Å². The van der Waals surface area contributed by atoms with Crippen molar-refractivity contribution in [2.45, 2.75) is 32.7 Å². The van der Waals surface area contributed by atoms with Gasteiger partial charge in [0.25, 0.3) is 0 Å². The van der Waals surface area contributed by atoms with Gasteiger partial charge in [0, 0.05) is 11.6 Å². The Kier molecular flexibility index (Phi) is 4.06. The van der Waals surface area contributed by atoms with Crippen molar-refractivity contribution < 1.29 is 4.74 Å². The first-order valence-electron chi connectivity index (χ1n) is 5.35. The molecule has 0 unspecified atom stereocenters. The van der Waals surface area contributed by atoms with E-state index in [0.29, 0.717) is 18.2 Å². The van der Waals surface area contributed by atoms with Gasteiger partial charge in [-0.2, -0.15) is 4.98 Å². The second kappa shape index (κ2) is 5.12. The number of nitrogens with zero attached hydrogens (tertiary/aromatic N) is 2. The van der Waals surface area contributed by atoms with Crippen LogP contribution < -0.4 is 15.8 Å². The van der Waals surface area contributed by atoms with Crippen LogP contribution in [0.15, 0.2) is 6.07 Å². The maximum atomic E-state index is 5.56. The van der Waals surface area contributed by atoms with Gasteiger partial charge >= 0.3 is 0 Å². The molecule has 1 heterocycles. The van der Waals surface area contributed by atoms with E-state index in [4.69, 9.17) is 10.5 Å². The van der Waals surface area contributed by atoms with Crippen molar-refractivity contribution in [3.8, 4) is 5.88 Å². The molecular weight excluding hydrogens is 204 g/mol. The summed E-state index contributed by atoms with van der Waals surface area (Å²) < 4.78 is 5.09. The molecule has 0 radical (unpaired) electrons. The Balaban J connectivity index is 2.84. The monoisotopic (exact) mass is 224 g/mol. The predicted molar refractivity (Wildman–Crippen MR) is 64.7 cm³/mol. The molecule has 1 rings (SSSR count). The lowest BCUT2D eigenvalue weighted by molar-refractivity contribution is 0.395. The van der Waals surface area contributed by atoms with Crippen LogP contribution in [0, 0.1) is 6.92 Å². The lowest BCUT2D eigenvalue weighted by Crippen LogP contribution is -2.33. The summed E-state index contributed by atoms with van der Waals surface area (Å²) in [5.74, 6) is 2.02. The van der Waals surface area contributed by atoms with E-state index in [9.17, 15) is 0 Å². The van der Waals surface area contributed by atoms with Gasteiger partial charge in [-0.1, -0.05) is 0 Å². The summed E-state index contributed by atoms with van der Waals surface area (Å²) in [6.07, 6.45) is 0.873. The number of ether oxygens (including phenoxy) is 1. The summed E-state index contributed by atoms with van der Waals surface area (Å²) in [5.41, 5.74) is 5.47. The maximum Gasteiger partial charge on any atom is 0.218 e. The summed E-state index contributed by atoms with van der Waals surface area (Å²) in [6.45, 7) is 6.65. The van der Waals surface area contributed by atoms with Gasteiger partial charge in [-0.3, -0.25) is 0 Å². The van der Waals surface area contributed by atoms with E-state index < -0.39 is 0 Å². The van der Waals surface area contributed by atoms with Crippen molar-refractivity contribution in [2.24, 2.45) is 5.73 Å². The van der Waals surface area contributed by atoms with Gasteiger partial charge in [0.15, 0.2) is 0 Å². The standard InChI is InChI=1S/C11H20N4O/c1-8-13-9(7-10(14-8)16-4)15-11(2,3)5-6-12/h7H,5-6,12H2,1-4H3,(H,13,14,15). The van der Waals surface area contributed by atoms with Crippen LogP contribution in [-0.4, -0.2) is 29.2 Å². The van der Waals surface area contributed by atoms with Crippen LogP contribution in [0.4, 0.5) is 5.82 Å². The van der Waals surface area contributed by atoms with Gasteiger partial charge < -0.3 is 15.8 Å². The third kappa shape index (κ3) is 3.66. The molecule has 0 saturated heterocycles. The summed E-state index contributed by atoms with van der Waals surface area (Å²) in [7, 11) is 1.59. The molecular formula is C11H20N4O. The normalized spacial score (nSPS) is 11.3. The van der Waals surface area contributed by atoms with E-state index in [2.05, 4.69) is 29.1 Å². The van der Waals surface area contributed by atoms with Gasteiger partial charge in [0.05, 0.1) is 7.11 Å². The Morgan fingerprint density at radius 2 is 2.12 bits per heavy atom. The minimum absolute atomic E-state index is 0.0828. The third-order valence-corrected chi connectivity index (χ3v) is 2.26. The highest BCUT2D eigenvalue weighted by atomic mass is 16.5. The van der Waals surface area contributed by atoms with Crippen LogP contribution in [0.3, 0.4) is 0 Å². The first-order chi connectivity index (χ1) is 7.46. The highest BCUT2D eigenvalue weighted by Gasteiger charge is 2.17. The van der Waals surface area contributed by atoms with Crippen molar-refractivity contribution >= 4 is 5.82 Å². The molecule has 5 nitrogen and oxygen atoms in total. The number of nitrogens with two attached hydrogens (primary N) is 1. The first kappa shape index (κ1) is 12.7. The van der Waals surface area contributed by atoms with Crippen molar-refractivity contribution in [1.29, 1.82) is 0 Å². The molecule has 16 heavy (non-hydrogen) atoms. The van der Waals surface area contributed by atoms with E-state index in [1.54, 1.807) is 13.2 Å². The molecule has 0 atom stereocenters. The number of hydrogen-bond donors (Lipinski definition) is 2. The second-order valence-corrected chi connectivity index (χ2v) is 4.39. The fourth-order valence-corrected chi connectivity index (χ4v) is 1.48. The topological polar surface area (TPSA) is 73.1 Å². The lowest BCUT2D eigenvalue weighted by atomic mass is 10.0. The summed E-state index contributed by atoms with van der Waals surface area (Å²) in [6, 6.07) is 1.78. The van der Waals surface area contributed by atoms with Crippen molar-refractivity contribution in [3.05, 3.63) is 11.9 Å². The SMILES string of the molecule is COc1cc(NC(C)(C)CCN)nc(C)n1. The minimum atomic E-state index is -0.0828. The minimum Gasteiger partial charge on any atom is -0.481 e. The van der Waals surface area contributed by atoms with Crippen molar-refractivity contribution in [3.63, 3.8) is 0 Å². The smallest absolute Gasteiger partial charge is 0.218 e. The molecule has 1 aromatic rings. The molecule has 0 aliphatic rings. The van der Waals surface area contributed by atoms with Crippen molar-refractivity contribution in [1.82, 2.24) is 9.97 Å². The van der Waals surface area contributed by atoms with Gasteiger partial charge in [-0.25, -0.2) is 4.98 Å². The summed E-state index contributed by atoms with van der Waals surface area (Å²) in [4.78, 5) is 8.44. The Morgan fingerprint density at radius 3 is 2.69 bits per heavy atom. The third-order valence-electron chi connectivity index (χ3n) is 2.26. The average molecular weight is 224 g/mol. The fraction of sp³-hybridized carbons (Fsp3) is 0.636. The van der Waals surface area contributed by atoms with Crippen LogP contribution in [0.5, 0.6) is 5.88 Å². The summed E-state index contributed by atoms with van der Waals surface area (Å²) in [5, 5.41) is 3.32. The number of methoxy groups -OCH3 is 1. The predicted octanol–water partition coefficient (Wildman–Crippen LogP) is 1.33. The maximum absolute atomic E-state index is 5.56. The average Bonchev–Trinajstić information content (AvgIpc) is 2.15. The van der Waals surface area contributed by atoms with Crippen LogP contribution in [0.1, 0.15) is 26.1 Å². The lowest BCUT2D eigenvalue weighted by Gasteiger charge is -2.26. The van der Waals surface area contributed by atoms with Crippen LogP contribution in [0.2, 0.25) is 0 Å². The van der Waals surface area contributed by atoms with Gasteiger partial charge in [0.2, 0.25) is 5.88 Å². The number of aryl methyl sites for hydroxylation is 1. The Hall–Kier alpha value is -1.36. The number of rotatable bonds is 5. The molecule has 0 aliphatic carbocycles. The number of anilines is 1. The highest BCUT2D eigenvalue weighted by Crippen LogP contribution is 2.19. The molecule has 0 spiro atoms. The number of hydrogen-bond acceptors (Lipinski definition) is 5. The van der Waals surface area contributed by atoms with E-state index in [1.807, 2.05) is 6.92 Å². The fourth-order valence-electron chi connectivity index (χ4n) is 1.48. The number of nitrogens with one attached hydrogen (secondary N) is 1. The van der Waals surface area contributed by atoms with Gasteiger partial charge in [-0.05, 0) is 33.7 Å².